The molecule has 0 nitrogen and oxygen atoms in total. The molecular formula is C24H24Cl8S3. The lowest BCUT2D eigenvalue weighted by Gasteiger charge is -2.17. The van der Waals surface area contributed by atoms with E-state index in [9.17, 15) is 0 Å². The highest BCUT2D eigenvalue weighted by Crippen LogP contribution is 2.41. The fourth-order valence-corrected chi connectivity index (χ4v) is 7.28. The molecule has 35 heavy (non-hydrogen) atoms. The predicted octanol–water partition coefficient (Wildman–Crippen LogP) is 14.0. The van der Waals surface area contributed by atoms with Crippen LogP contribution in [0.25, 0.3) is 0 Å². The number of thioether (sulfide) groups is 1. The summed E-state index contributed by atoms with van der Waals surface area (Å²) in [4.78, 5) is 3.08. The van der Waals surface area contributed by atoms with Crippen molar-refractivity contribution in [3.63, 3.8) is 0 Å². The van der Waals surface area contributed by atoms with Crippen molar-refractivity contribution < 1.29 is 0 Å². The van der Waals surface area contributed by atoms with E-state index in [0.29, 0.717) is 30.1 Å². The third kappa shape index (κ3) is 17.3. The molecule has 194 valence electrons. The van der Waals surface area contributed by atoms with Gasteiger partial charge in [0, 0.05) is 49.6 Å². The van der Waals surface area contributed by atoms with Crippen LogP contribution in [-0.4, -0.2) is 10.1 Å². The Labute approximate surface area is 261 Å². The fraction of sp³-hybridized carbons (Fsp3) is 0.250. The lowest BCUT2D eigenvalue weighted by atomic mass is 10.3. The summed E-state index contributed by atoms with van der Waals surface area (Å²) in [6.07, 6.45) is 0. The number of benzene rings is 3. The van der Waals surface area contributed by atoms with E-state index in [1.807, 2.05) is 36.4 Å². The van der Waals surface area contributed by atoms with Crippen molar-refractivity contribution in [2.24, 2.45) is 0 Å². The first-order chi connectivity index (χ1) is 15.8. The molecule has 3 aromatic carbocycles. The second-order valence-corrected chi connectivity index (χ2v) is 14.9. The van der Waals surface area contributed by atoms with Gasteiger partial charge in [0.1, 0.15) is 0 Å². The molecule has 0 spiro atoms. The van der Waals surface area contributed by atoms with Crippen LogP contribution in [0, 0.1) is 0 Å². The van der Waals surface area contributed by atoms with Crippen LogP contribution < -0.4 is 0 Å². The summed E-state index contributed by atoms with van der Waals surface area (Å²) < 4.78 is 0.189. The highest BCUT2D eigenvalue weighted by atomic mass is 35.5. The van der Waals surface area contributed by atoms with E-state index in [1.54, 1.807) is 51.5 Å². The third-order valence-electron chi connectivity index (χ3n) is 3.17. The van der Waals surface area contributed by atoms with Crippen LogP contribution in [0.2, 0.25) is 30.1 Å². The molecule has 0 atom stereocenters. The Morgan fingerprint density at radius 3 is 0.971 bits per heavy atom. The van der Waals surface area contributed by atoms with Crippen LogP contribution in [0.4, 0.5) is 0 Å². The van der Waals surface area contributed by atoms with E-state index < -0.39 is 0 Å². The zero-order chi connectivity index (χ0) is 25.9. The first-order valence-corrected chi connectivity index (χ1v) is 15.7. The summed E-state index contributed by atoms with van der Waals surface area (Å²) in [5.41, 5.74) is 0. The molecule has 0 unspecified atom stereocenters. The molecular weight excluding hydrogens is 668 g/mol. The van der Waals surface area contributed by atoms with Crippen LogP contribution in [0.3, 0.4) is 0 Å². The zero-order valence-electron chi connectivity index (χ0n) is 18.2. The lowest BCUT2D eigenvalue weighted by molar-refractivity contribution is 0.803. The summed E-state index contributed by atoms with van der Waals surface area (Å²) >= 11 is 46.8. The van der Waals surface area contributed by atoms with Crippen molar-refractivity contribution >= 4 is 126 Å². The van der Waals surface area contributed by atoms with Gasteiger partial charge >= 0.3 is 0 Å². The van der Waals surface area contributed by atoms with Crippen LogP contribution in [0.15, 0.2) is 69.3 Å². The predicted molar refractivity (Wildman–Crippen MR) is 170 cm³/mol. The summed E-state index contributed by atoms with van der Waals surface area (Å²) in [5, 5.41) is 4.06. The van der Waals surface area contributed by atoms with Crippen molar-refractivity contribution in [3.05, 3.63) is 84.7 Å². The van der Waals surface area contributed by atoms with E-state index >= 15 is 0 Å². The van der Waals surface area contributed by atoms with E-state index in [-0.39, 0.29) is 17.5 Å². The van der Waals surface area contributed by atoms with Crippen molar-refractivity contribution in [2.45, 2.75) is 47.6 Å². The quantitative estimate of drug-likeness (QED) is 0.152. The molecule has 0 radical (unpaired) electrons. The zero-order valence-corrected chi connectivity index (χ0v) is 26.6. The SMILES string of the molecule is C.CC(C)(C)Sc1cc(Cl)cc(Cl)c1.ClCCl.Clc1cc(Cl)cc(SSc2cc(Cl)cc(Cl)c2)c1. The molecule has 3 rings (SSSR count). The topological polar surface area (TPSA) is 0 Å². The second-order valence-electron chi connectivity index (χ2n) is 7.30. The normalized spacial score (nSPS) is 10.4. The Hall–Kier alpha value is 1.03. The average Bonchev–Trinajstić information content (AvgIpc) is 2.64. The molecule has 0 aliphatic carbocycles. The molecule has 11 heteroatoms. The van der Waals surface area contributed by atoms with Crippen LogP contribution in [-0.2, 0) is 0 Å². The van der Waals surface area contributed by atoms with Gasteiger partial charge in [-0.05, 0) is 54.6 Å². The fourth-order valence-electron chi connectivity index (χ4n) is 2.19. The first-order valence-electron chi connectivity index (χ1n) is 9.35. The number of hydrogen-bond donors (Lipinski definition) is 0. The molecule has 0 bridgehead atoms. The molecule has 3 aromatic rings. The minimum atomic E-state index is 0. The highest BCUT2D eigenvalue weighted by molar-refractivity contribution is 8.76. The van der Waals surface area contributed by atoms with Crippen molar-refractivity contribution in [3.8, 4) is 0 Å². The van der Waals surface area contributed by atoms with Crippen molar-refractivity contribution in [1.29, 1.82) is 0 Å². The van der Waals surface area contributed by atoms with Gasteiger partial charge in [0.2, 0.25) is 0 Å². The Bertz CT molecular complexity index is 943. The van der Waals surface area contributed by atoms with E-state index in [0.717, 1.165) is 14.7 Å². The molecule has 0 fully saturated rings. The van der Waals surface area contributed by atoms with Gasteiger partial charge in [0.05, 0.1) is 5.34 Å². The Balaban J connectivity index is 0.000000602. The van der Waals surface area contributed by atoms with Gasteiger partial charge < -0.3 is 0 Å². The van der Waals surface area contributed by atoms with E-state index in [2.05, 4.69) is 20.8 Å². The van der Waals surface area contributed by atoms with E-state index in [4.69, 9.17) is 92.8 Å². The number of halogens is 8. The molecule has 0 aliphatic heterocycles. The number of rotatable bonds is 4. The maximum absolute atomic E-state index is 5.93. The standard InChI is InChI=1S/C12H6Cl4S2.C10H12Cl2S.CH2Cl2.CH4/c13-7-1-8(14)4-11(3-7)17-18-12-5-9(15)2-10(16)6-12;1-10(2,3)13-9-5-7(11)4-8(12)6-9;2-1-3;/h1-6H;4-6H,1-3H3;1H2;1H4. The van der Waals surface area contributed by atoms with Crippen LogP contribution in [0.1, 0.15) is 28.2 Å². The maximum Gasteiger partial charge on any atom is 0.0967 e. The second kappa shape index (κ2) is 18.3. The smallest absolute Gasteiger partial charge is 0.0967 e. The van der Waals surface area contributed by atoms with Gasteiger partial charge in [0.15, 0.2) is 0 Å². The van der Waals surface area contributed by atoms with Crippen molar-refractivity contribution in [1.82, 2.24) is 0 Å². The van der Waals surface area contributed by atoms with Crippen LogP contribution >= 0.6 is 126 Å². The highest BCUT2D eigenvalue weighted by Gasteiger charge is 2.12. The molecule has 0 saturated heterocycles. The van der Waals surface area contributed by atoms with Gasteiger partial charge in [-0.3, -0.25) is 0 Å². The molecule has 0 aromatic heterocycles. The number of hydrogen-bond acceptors (Lipinski definition) is 3. The minimum absolute atomic E-state index is 0. The van der Waals surface area contributed by atoms with Crippen molar-refractivity contribution in [2.75, 3.05) is 5.34 Å². The molecule has 0 N–H and O–H groups in total. The third-order valence-corrected chi connectivity index (χ3v) is 7.90. The van der Waals surface area contributed by atoms with Gasteiger partial charge in [-0.25, -0.2) is 0 Å². The van der Waals surface area contributed by atoms with Gasteiger partial charge in [-0.2, -0.15) is 0 Å². The Morgan fingerprint density at radius 2 is 0.743 bits per heavy atom. The Kier molecular flexibility index (Phi) is 18.9. The number of alkyl halides is 2. The lowest BCUT2D eigenvalue weighted by Crippen LogP contribution is -2.06. The Morgan fingerprint density at radius 1 is 0.514 bits per heavy atom. The monoisotopic (exact) mass is 688 g/mol. The summed E-state index contributed by atoms with van der Waals surface area (Å²) in [6, 6.07) is 16.5. The summed E-state index contributed by atoms with van der Waals surface area (Å²) in [5.74, 6) is 0. The van der Waals surface area contributed by atoms with E-state index in [1.165, 1.54) is 0 Å². The maximum atomic E-state index is 5.93. The van der Waals surface area contributed by atoms with Gasteiger partial charge in [-0.1, -0.05) is 119 Å². The van der Waals surface area contributed by atoms with Gasteiger partial charge in [-0.15, -0.1) is 35.0 Å². The largest absolute Gasteiger partial charge is 0.120 e. The first kappa shape index (κ1) is 36.0. The molecule has 0 saturated carbocycles. The average molecular weight is 692 g/mol. The molecule has 0 heterocycles. The summed E-state index contributed by atoms with van der Waals surface area (Å²) in [7, 11) is 3.10. The van der Waals surface area contributed by atoms with Gasteiger partial charge in [0.25, 0.3) is 0 Å². The summed E-state index contributed by atoms with van der Waals surface area (Å²) in [6.45, 7) is 6.48. The minimum Gasteiger partial charge on any atom is -0.120 e. The van der Waals surface area contributed by atoms with Crippen LogP contribution in [0.5, 0.6) is 0 Å². The molecule has 0 aliphatic rings. The molecule has 0 amide bonds.